The molecule has 0 spiro atoms. The van der Waals surface area contributed by atoms with Crippen LogP contribution in [-0.4, -0.2) is 51.8 Å². The minimum absolute atomic E-state index is 0.0212. The molecule has 5 rings (SSSR count). The Hall–Kier alpha value is -5.57. The van der Waals surface area contributed by atoms with Crippen LogP contribution in [-0.2, 0) is 24.2 Å². The fourth-order valence-electron chi connectivity index (χ4n) is 5.36. The van der Waals surface area contributed by atoms with Gasteiger partial charge in [0.1, 0.15) is 0 Å². The number of ether oxygens (including phenoxy) is 4. The van der Waals surface area contributed by atoms with Crippen molar-refractivity contribution in [1.82, 2.24) is 10.3 Å². The van der Waals surface area contributed by atoms with E-state index in [1.165, 1.54) is 0 Å². The Morgan fingerprint density at radius 2 is 1.30 bits per heavy atom. The van der Waals surface area contributed by atoms with Crippen LogP contribution in [0.1, 0.15) is 33.5 Å². The highest BCUT2D eigenvalue weighted by Gasteiger charge is 2.20. The van der Waals surface area contributed by atoms with Crippen LogP contribution in [0, 0.1) is 0 Å². The Labute approximate surface area is 275 Å². The predicted octanol–water partition coefficient (Wildman–Crippen LogP) is 6.41. The number of methoxy groups -OCH3 is 4. The zero-order chi connectivity index (χ0) is 33.2. The first kappa shape index (κ1) is 32.8. The predicted molar refractivity (Wildman–Crippen MR) is 183 cm³/mol. The lowest BCUT2D eigenvalue weighted by atomic mass is 10.1. The molecular weight excluding hydrogens is 594 g/mol. The van der Waals surface area contributed by atoms with Gasteiger partial charge in [0.25, 0.3) is 5.91 Å². The molecule has 1 heterocycles. The summed E-state index contributed by atoms with van der Waals surface area (Å²) >= 11 is 0. The van der Waals surface area contributed by atoms with E-state index < -0.39 is 0 Å². The number of nitrogens with one attached hydrogen (secondary N) is 1. The van der Waals surface area contributed by atoms with Gasteiger partial charge in [-0.05, 0) is 78.1 Å². The first-order chi connectivity index (χ1) is 22.9. The van der Waals surface area contributed by atoms with Crippen molar-refractivity contribution in [1.29, 1.82) is 0 Å². The second-order valence-corrected chi connectivity index (χ2v) is 11.0. The first-order valence-electron chi connectivity index (χ1n) is 15.4. The van der Waals surface area contributed by atoms with E-state index >= 15 is 0 Å². The van der Waals surface area contributed by atoms with Gasteiger partial charge in [0, 0.05) is 30.2 Å². The number of aromatic nitrogens is 1. The molecule has 0 atom stereocenters. The quantitative estimate of drug-likeness (QED) is 0.151. The topological polar surface area (TPSA) is 99.2 Å². The van der Waals surface area contributed by atoms with Gasteiger partial charge in [-0.3, -0.25) is 14.6 Å². The number of aryl methyl sites for hydroxylation is 1. The number of para-hydroxylation sites is 1. The fraction of sp³-hybridized carbons (Fsp3) is 0.237. The minimum atomic E-state index is -0.174. The van der Waals surface area contributed by atoms with Crippen LogP contribution in [0.15, 0.2) is 97.2 Å². The molecule has 9 heteroatoms. The Bertz CT molecular complexity index is 1840. The Balaban J connectivity index is 1.26. The van der Waals surface area contributed by atoms with E-state index in [9.17, 15) is 9.59 Å². The summed E-state index contributed by atoms with van der Waals surface area (Å²) in [5, 5.41) is 3.90. The van der Waals surface area contributed by atoms with E-state index in [0.717, 1.165) is 33.3 Å². The monoisotopic (exact) mass is 633 g/mol. The second kappa shape index (κ2) is 15.6. The molecule has 0 bridgehead atoms. The number of hydrogen-bond donors (Lipinski definition) is 1. The molecule has 0 radical (unpaired) electrons. The molecule has 242 valence electrons. The fourth-order valence-corrected chi connectivity index (χ4v) is 5.36. The highest BCUT2D eigenvalue weighted by Crippen LogP contribution is 2.30. The summed E-state index contributed by atoms with van der Waals surface area (Å²) in [5.41, 5.74) is 4.97. The van der Waals surface area contributed by atoms with Crippen LogP contribution in [0.2, 0.25) is 0 Å². The molecule has 1 N–H and O–H groups in total. The second-order valence-electron chi connectivity index (χ2n) is 11.0. The lowest BCUT2D eigenvalue weighted by Crippen LogP contribution is -2.30. The number of amides is 2. The number of nitrogens with zero attached hydrogens (tertiary/aromatic N) is 2. The number of fused-ring (bicyclic) bond motifs is 1. The molecule has 0 saturated heterocycles. The number of hydrogen-bond acceptors (Lipinski definition) is 7. The van der Waals surface area contributed by atoms with Crippen molar-refractivity contribution in [3.8, 4) is 23.0 Å². The van der Waals surface area contributed by atoms with Crippen molar-refractivity contribution >= 4 is 28.4 Å². The van der Waals surface area contributed by atoms with E-state index in [1.54, 1.807) is 39.5 Å². The van der Waals surface area contributed by atoms with Gasteiger partial charge in [0.05, 0.1) is 46.1 Å². The maximum Gasteiger partial charge on any atom is 0.260 e. The molecule has 0 aliphatic heterocycles. The molecule has 2 amide bonds. The summed E-state index contributed by atoms with van der Waals surface area (Å²) < 4.78 is 21.6. The zero-order valence-electron chi connectivity index (χ0n) is 27.1. The molecule has 4 aromatic carbocycles. The number of pyridine rings is 1. The SMILES string of the molecule is COc1ccc(CCC(=O)NCCc2ccc(N(Cc3ccc(OC)c(OC)c3)C(=O)c3cnc4ccccc4c3)cc2)cc1OC. The smallest absolute Gasteiger partial charge is 0.260 e. The molecule has 0 fully saturated rings. The maximum atomic E-state index is 14.0. The standard InChI is InChI=1S/C38H39N3O6/c1-44-33-16-11-27(21-35(33)46-3)13-18-37(42)39-20-19-26-9-14-31(15-10-26)41(25-28-12-17-34(45-2)36(22-28)47-4)38(43)30-23-29-7-5-6-8-32(29)40-24-30/h5-12,14-17,21-24H,13,18-20,25H2,1-4H3,(H,39,42). The molecule has 47 heavy (non-hydrogen) atoms. The minimum Gasteiger partial charge on any atom is -0.493 e. The number of benzene rings is 4. The van der Waals surface area contributed by atoms with Gasteiger partial charge in [-0.1, -0.05) is 42.5 Å². The van der Waals surface area contributed by atoms with Crippen molar-refractivity contribution in [2.45, 2.75) is 25.8 Å². The number of carbonyl (C=O) groups excluding carboxylic acids is 2. The molecule has 0 saturated carbocycles. The van der Waals surface area contributed by atoms with E-state index in [4.69, 9.17) is 18.9 Å². The van der Waals surface area contributed by atoms with Crippen molar-refractivity contribution in [2.75, 3.05) is 39.9 Å². The molecule has 0 aliphatic carbocycles. The highest BCUT2D eigenvalue weighted by molar-refractivity contribution is 6.07. The third kappa shape index (κ3) is 8.18. The van der Waals surface area contributed by atoms with E-state index in [0.29, 0.717) is 60.9 Å². The Morgan fingerprint density at radius 3 is 1.98 bits per heavy atom. The van der Waals surface area contributed by atoms with Crippen molar-refractivity contribution < 1.29 is 28.5 Å². The van der Waals surface area contributed by atoms with Gasteiger partial charge in [-0.15, -0.1) is 0 Å². The van der Waals surface area contributed by atoms with E-state index in [-0.39, 0.29) is 11.8 Å². The summed E-state index contributed by atoms with van der Waals surface area (Å²) in [6.07, 6.45) is 3.23. The third-order valence-electron chi connectivity index (χ3n) is 7.94. The highest BCUT2D eigenvalue weighted by atomic mass is 16.5. The average Bonchev–Trinajstić information content (AvgIpc) is 3.12. The Kier molecular flexibility index (Phi) is 10.9. The zero-order valence-corrected chi connectivity index (χ0v) is 27.1. The largest absolute Gasteiger partial charge is 0.493 e. The molecular formula is C38H39N3O6. The molecule has 0 aliphatic rings. The molecule has 1 aromatic heterocycles. The summed E-state index contributed by atoms with van der Waals surface area (Å²) in [5.74, 6) is 2.31. The van der Waals surface area contributed by atoms with E-state index in [1.807, 2.05) is 91.0 Å². The number of rotatable bonds is 14. The lowest BCUT2D eigenvalue weighted by Gasteiger charge is -2.24. The van der Waals surface area contributed by atoms with Crippen LogP contribution < -0.4 is 29.2 Å². The molecule has 9 nitrogen and oxygen atoms in total. The lowest BCUT2D eigenvalue weighted by molar-refractivity contribution is -0.121. The van der Waals surface area contributed by atoms with Gasteiger partial charge in [0.15, 0.2) is 23.0 Å². The Morgan fingerprint density at radius 1 is 0.681 bits per heavy atom. The van der Waals surface area contributed by atoms with Crippen LogP contribution >= 0.6 is 0 Å². The molecule has 0 unspecified atom stereocenters. The maximum absolute atomic E-state index is 14.0. The summed E-state index contributed by atoms with van der Waals surface area (Å²) in [4.78, 5) is 32.8. The van der Waals surface area contributed by atoms with Crippen molar-refractivity contribution in [3.63, 3.8) is 0 Å². The van der Waals surface area contributed by atoms with Crippen LogP contribution in [0.5, 0.6) is 23.0 Å². The van der Waals surface area contributed by atoms with E-state index in [2.05, 4.69) is 10.3 Å². The van der Waals surface area contributed by atoms with Crippen molar-refractivity contribution in [3.05, 3.63) is 119 Å². The number of anilines is 1. The summed E-state index contributed by atoms with van der Waals surface area (Å²) in [6, 6.07) is 28.7. The van der Waals surface area contributed by atoms with Crippen molar-refractivity contribution in [2.24, 2.45) is 0 Å². The van der Waals surface area contributed by atoms with Crippen LogP contribution in [0.4, 0.5) is 5.69 Å². The number of carbonyl (C=O) groups is 2. The van der Waals surface area contributed by atoms with Gasteiger partial charge >= 0.3 is 0 Å². The van der Waals surface area contributed by atoms with Gasteiger partial charge in [-0.2, -0.15) is 0 Å². The third-order valence-corrected chi connectivity index (χ3v) is 7.94. The van der Waals surface area contributed by atoms with Gasteiger partial charge in [-0.25, -0.2) is 0 Å². The molecule has 5 aromatic rings. The average molecular weight is 634 g/mol. The van der Waals surface area contributed by atoms with Gasteiger partial charge < -0.3 is 29.2 Å². The van der Waals surface area contributed by atoms with Crippen LogP contribution in [0.25, 0.3) is 10.9 Å². The van der Waals surface area contributed by atoms with Crippen LogP contribution in [0.3, 0.4) is 0 Å². The van der Waals surface area contributed by atoms with Gasteiger partial charge in [0.2, 0.25) is 5.91 Å². The first-order valence-corrected chi connectivity index (χ1v) is 15.4. The normalized spacial score (nSPS) is 10.7. The summed E-state index contributed by atoms with van der Waals surface area (Å²) in [6.45, 7) is 0.808. The summed E-state index contributed by atoms with van der Waals surface area (Å²) in [7, 11) is 6.37.